The Morgan fingerprint density at radius 3 is 1.47 bits per heavy atom. The Balaban J connectivity index is 1.11. The summed E-state index contributed by atoms with van der Waals surface area (Å²) in [6, 6.07) is 66.1. The van der Waals surface area contributed by atoms with E-state index in [1.807, 2.05) is 34.0 Å². The van der Waals surface area contributed by atoms with Crippen LogP contribution in [0.1, 0.15) is 0 Å². The van der Waals surface area contributed by atoms with Crippen LogP contribution in [0.4, 0.5) is 0 Å². The predicted octanol–water partition coefficient (Wildman–Crippen LogP) is 16.2. The van der Waals surface area contributed by atoms with Crippen LogP contribution in [0.5, 0.6) is 0 Å². The van der Waals surface area contributed by atoms with Gasteiger partial charge in [-0.25, -0.2) is 15.0 Å². The Labute approximate surface area is 366 Å². The first-order valence-corrected chi connectivity index (χ1v) is 23.1. The monoisotopic (exact) mass is 842 g/mol. The lowest BCUT2D eigenvalue weighted by atomic mass is 10.0. The molecule has 4 nitrogen and oxygen atoms in total. The van der Waals surface area contributed by atoms with E-state index in [4.69, 9.17) is 15.0 Å². The van der Waals surface area contributed by atoms with Crippen molar-refractivity contribution in [2.24, 2.45) is 0 Å². The lowest BCUT2D eigenvalue weighted by Gasteiger charge is -2.16. The third-order valence-electron chi connectivity index (χ3n) is 12.4. The molecule has 62 heavy (non-hydrogen) atoms. The van der Waals surface area contributed by atoms with Crippen molar-refractivity contribution in [3.05, 3.63) is 182 Å². The first kappa shape index (κ1) is 34.4. The second kappa shape index (κ2) is 13.1. The van der Waals surface area contributed by atoms with Crippen molar-refractivity contribution in [1.82, 2.24) is 19.5 Å². The van der Waals surface area contributed by atoms with Gasteiger partial charge in [0.15, 0.2) is 17.5 Å². The minimum absolute atomic E-state index is 0.645. The molecule has 9 aromatic carbocycles. The summed E-state index contributed by atoms with van der Waals surface area (Å²) in [5.74, 6) is 1.94. The zero-order valence-electron chi connectivity index (χ0n) is 32.8. The molecular formula is C55H30N4S3. The van der Waals surface area contributed by atoms with Crippen LogP contribution in [-0.2, 0) is 0 Å². The average molecular weight is 843 g/mol. The van der Waals surface area contributed by atoms with Gasteiger partial charge < -0.3 is 4.57 Å². The molecule has 14 rings (SSSR count). The number of hydrogen-bond acceptors (Lipinski definition) is 6. The van der Waals surface area contributed by atoms with Crippen LogP contribution in [0.2, 0.25) is 0 Å². The maximum atomic E-state index is 5.56. The number of aromatic nitrogens is 4. The number of fused-ring (bicyclic) bond motifs is 13. The number of thiophene rings is 3. The number of para-hydroxylation sites is 1. The van der Waals surface area contributed by atoms with E-state index in [0.29, 0.717) is 17.5 Å². The predicted molar refractivity (Wildman–Crippen MR) is 267 cm³/mol. The quantitative estimate of drug-likeness (QED) is 0.177. The molecule has 0 amide bonds. The van der Waals surface area contributed by atoms with Crippen molar-refractivity contribution in [2.45, 2.75) is 0 Å². The Morgan fingerprint density at radius 2 is 0.806 bits per heavy atom. The van der Waals surface area contributed by atoms with Gasteiger partial charge in [0.05, 0.1) is 22.3 Å². The van der Waals surface area contributed by atoms with Gasteiger partial charge in [0, 0.05) is 82.4 Å². The van der Waals surface area contributed by atoms with Gasteiger partial charge in [0.2, 0.25) is 0 Å². The molecule has 5 aromatic heterocycles. The summed E-state index contributed by atoms with van der Waals surface area (Å²) in [6.07, 6.45) is 0. The Hall–Kier alpha value is -7.29. The van der Waals surface area contributed by atoms with Crippen LogP contribution < -0.4 is 0 Å². The largest absolute Gasteiger partial charge is 0.308 e. The van der Waals surface area contributed by atoms with E-state index in [1.165, 1.54) is 76.7 Å². The van der Waals surface area contributed by atoms with E-state index in [0.717, 1.165) is 38.8 Å². The fourth-order valence-corrected chi connectivity index (χ4v) is 12.9. The van der Waals surface area contributed by atoms with Crippen molar-refractivity contribution < 1.29 is 0 Å². The molecule has 0 atom stereocenters. The summed E-state index contributed by atoms with van der Waals surface area (Å²) in [4.78, 5) is 16.5. The molecule has 0 N–H and O–H groups in total. The molecular weight excluding hydrogens is 813 g/mol. The molecule has 0 bridgehead atoms. The molecule has 0 saturated carbocycles. The van der Waals surface area contributed by atoms with Crippen molar-refractivity contribution in [3.8, 4) is 39.9 Å². The van der Waals surface area contributed by atoms with Crippen LogP contribution in [0, 0.1) is 0 Å². The van der Waals surface area contributed by atoms with Crippen molar-refractivity contribution in [3.63, 3.8) is 0 Å². The fourth-order valence-electron chi connectivity index (χ4n) is 9.61. The second-order valence-corrected chi connectivity index (χ2v) is 19.2. The number of rotatable bonds is 4. The Morgan fingerprint density at radius 1 is 0.323 bits per heavy atom. The zero-order valence-corrected chi connectivity index (χ0v) is 35.3. The van der Waals surface area contributed by atoms with E-state index >= 15 is 0 Å². The van der Waals surface area contributed by atoms with Crippen LogP contribution >= 0.6 is 34.0 Å². The van der Waals surface area contributed by atoms with Crippen LogP contribution in [0.25, 0.3) is 133 Å². The molecule has 0 aliphatic carbocycles. The standard InChI is InChI=1S/C55H30N4S3/c1-2-12-32-30-44-39(27-31(32)11-1)35-13-3-7-17-42(35)59(44)43-23-26-50-51(38-16-6-10-20-47(38)62-50)52(43)55-57-53(33-21-24-48-40(28-33)36-14-4-8-18-45(36)60-48)56-54(58-55)34-22-25-49-41(29-34)37-15-5-9-19-46(37)61-49/h1-30H. The molecule has 0 saturated heterocycles. The maximum absolute atomic E-state index is 5.56. The summed E-state index contributed by atoms with van der Waals surface area (Å²) in [5, 5.41) is 12.1. The SMILES string of the molecule is c1ccc2cc3c(cc2c1)c1ccccc1n3-c1ccc2sc3ccccc3c2c1-c1nc(-c2ccc3sc4ccccc4c3c2)nc(-c2ccc3sc4ccccc4c3c2)n1. The molecule has 0 fully saturated rings. The molecule has 0 aliphatic heterocycles. The molecule has 0 radical (unpaired) electrons. The van der Waals surface area contributed by atoms with Crippen LogP contribution in [0.3, 0.4) is 0 Å². The molecule has 14 aromatic rings. The Bertz CT molecular complexity index is 4060. The van der Waals surface area contributed by atoms with E-state index < -0.39 is 0 Å². The van der Waals surface area contributed by atoms with Gasteiger partial charge in [0.25, 0.3) is 0 Å². The van der Waals surface area contributed by atoms with Crippen molar-refractivity contribution in [1.29, 1.82) is 0 Å². The zero-order chi connectivity index (χ0) is 40.5. The van der Waals surface area contributed by atoms with Gasteiger partial charge in [-0.1, -0.05) is 97.1 Å². The topological polar surface area (TPSA) is 43.6 Å². The van der Waals surface area contributed by atoms with Gasteiger partial charge in [-0.05, 0) is 95.7 Å². The number of hydrogen-bond donors (Lipinski definition) is 0. The highest BCUT2D eigenvalue weighted by molar-refractivity contribution is 7.26. The molecule has 288 valence electrons. The first-order valence-electron chi connectivity index (χ1n) is 20.7. The highest BCUT2D eigenvalue weighted by Gasteiger charge is 2.24. The van der Waals surface area contributed by atoms with Gasteiger partial charge in [-0.3, -0.25) is 0 Å². The van der Waals surface area contributed by atoms with Crippen molar-refractivity contribution >= 4 is 127 Å². The van der Waals surface area contributed by atoms with E-state index in [-0.39, 0.29) is 0 Å². The molecule has 7 heteroatoms. The normalized spacial score (nSPS) is 12.2. The van der Waals surface area contributed by atoms with Gasteiger partial charge in [-0.2, -0.15) is 0 Å². The number of benzene rings is 9. The summed E-state index contributed by atoms with van der Waals surface area (Å²) >= 11 is 5.46. The van der Waals surface area contributed by atoms with Gasteiger partial charge in [-0.15, -0.1) is 34.0 Å². The highest BCUT2D eigenvalue weighted by atomic mass is 32.1. The van der Waals surface area contributed by atoms with Gasteiger partial charge >= 0.3 is 0 Å². The summed E-state index contributed by atoms with van der Waals surface area (Å²) < 4.78 is 9.89. The van der Waals surface area contributed by atoms with E-state index in [9.17, 15) is 0 Å². The average Bonchev–Trinajstić information content (AvgIpc) is 4.09. The molecule has 0 unspecified atom stereocenters. The smallest absolute Gasteiger partial charge is 0.166 e. The van der Waals surface area contributed by atoms with Crippen LogP contribution in [0.15, 0.2) is 182 Å². The Kier molecular flexibility index (Phi) is 7.28. The first-order chi connectivity index (χ1) is 30.7. The van der Waals surface area contributed by atoms with Gasteiger partial charge in [0.1, 0.15) is 0 Å². The highest BCUT2D eigenvalue weighted by Crippen LogP contribution is 2.46. The third-order valence-corrected chi connectivity index (χ3v) is 15.9. The lowest BCUT2D eigenvalue weighted by Crippen LogP contribution is -2.04. The maximum Gasteiger partial charge on any atom is 0.166 e. The van der Waals surface area contributed by atoms with Crippen molar-refractivity contribution in [2.75, 3.05) is 0 Å². The minimum atomic E-state index is 0.645. The molecule has 5 heterocycles. The fraction of sp³-hybridized carbons (Fsp3) is 0. The van der Waals surface area contributed by atoms with Crippen LogP contribution in [-0.4, -0.2) is 19.5 Å². The molecule has 0 aliphatic rings. The lowest BCUT2D eigenvalue weighted by molar-refractivity contribution is 1.07. The summed E-state index contributed by atoms with van der Waals surface area (Å²) in [6.45, 7) is 0. The molecule has 0 spiro atoms. The third kappa shape index (κ3) is 5.07. The summed E-state index contributed by atoms with van der Waals surface area (Å²) in [7, 11) is 0. The van der Waals surface area contributed by atoms with E-state index in [1.54, 1.807) is 0 Å². The minimum Gasteiger partial charge on any atom is -0.308 e. The summed E-state index contributed by atoms with van der Waals surface area (Å²) in [5.41, 5.74) is 6.22. The number of nitrogens with zero attached hydrogens (tertiary/aromatic N) is 4. The van der Waals surface area contributed by atoms with E-state index in [2.05, 4.69) is 187 Å². The second-order valence-electron chi connectivity index (χ2n) is 15.9.